The van der Waals surface area contributed by atoms with Crippen LogP contribution < -0.4 is 11.2 Å². The molecule has 3 rings (SSSR count). The molecule has 0 aliphatic heterocycles. The molecule has 3 atom stereocenters. The maximum atomic E-state index is 12.3. The Morgan fingerprint density at radius 2 is 2.00 bits per heavy atom. The molecular formula is C19H27N5OS. The third-order valence-corrected chi connectivity index (χ3v) is 6.30. The lowest BCUT2D eigenvalue weighted by Gasteiger charge is -2.34. The average Bonchev–Trinajstić information content (AvgIpc) is 2.99. The lowest BCUT2D eigenvalue weighted by molar-refractivity contribution is -0.120. The standard InChI is InChI=1S/C19H27N5OS/c1-12-7-9-15(10-8-12)18-22-23-19(24(18)20)26-11-17(25)21-16-6-4-5-13(2)14(16)3/h7-10,13-14,16H,4-6,11,20H2,1-3H3,(H,21,25)/t13-,14+,16+/m1/s1. The van der Waals surface area contributed by atoms with E-state index < -0.39 is 0 Å². The normalized spacial score (nSPS) is 23.0. The molecular weight excluding hydrogens is 346 g/mol. The van der Waals surface area contributed by atoms with Crippen molar-refractivity contribution < 1.29 is 4.79 Å². The fourth-order valence-corrected chi connectivity index (χ4v) is 4.11. The molecule has 0 radical (unpaired) electrons. The second-order valence-corrected chi connectivity index (χ2v) is 8.21. The molecule has 26 heavy (non-hydrogen) atoms. The van der Waals surface area contributed by atoms with Crippen LogP contribution in [0.2, 0.25) is 0 Å². The molecule has 1 aliphatic rings. The molecule has 1 aromatic heterocycles. The lowest BCUT2D eigenvalue weighted by atomic mass is 9.78. The van der Waals surface area contributed by atoms with Crippen molar-refractivity contribution in [2.45, 2.75) is 51.2 Å². The predicted molar refractivity (Wildman–Crippen MR) is 105 cm³/mol. The van der Waals surface area contributed by atoms with Gasteiger partial charge in [-0.15, -0.1) is 10.2 Å². The highest BCUT2D eigenvalue weighted by Crippen LogP contribution is 2.29. The topological polar surface area (TPSA) is 85.8 Å². The molecule has 7 heteroatoms. The molecule has 1 saturated carbocycles. The second kappa shape index (κ2) is 8.12. The van der Waals surface area contributed by atoms with E-state index in [2.05, 4.69) is 29.4 Å². The van der Waals surface area contributed by atoms with E-state index in [1.165, 1.54) is 34.8 Å². The molecule has 1 heterocycles. The molecule has 1 aliphatic carbocycles. The Kier molecular flexibility index (Phi) is 5.86. The first kappa shape index (κ1) is 18.8. The second-order valence-electron chi connectivity index (χ2n) is 7.27. The Hall–Kier alpha value is -2.02. The van der Waals surface area contributed by atoms with E-state index in [9.17, 15) is 4.79 Å². The van der Waals surface area contributed by atoms with Crippen LogP contribution >= 0.6 is 11.8 Å². The summed E-state index contributed by atoms with van der Waals surface area (Å²) >= 11 is 1.32. The van der Waals surface area contributed by atoms with Crippen LogP contribution in [0.5, 0.6) is 0 Å². The zero-order chi connectivity index (χ0) is 18.7. The van der Waals surface area contributed by atoms with E-state index in [0.29, 0.717) is 28.6 Å². The largest absolute Gasteiger partial charge is 0.352 e. The highest BCUT2D eigenvalue weighted by atomic mass is 32.2. The van der Waals surface area contributed by atoms with E-state index in [-0.39, 0.29) is 11.9 Å². The number of benzene rings is 1. The third kappa shape index (κ3) is 4.20. The van der Waals surface area contributed by atoms with Crippen LogP contribution in [0.1, 0.15) is 38.7 Å². The van der Waals surface area contributed by atoms with Gasteiger partial charge in [0.2, 0.25) is 11.1 Å². The molecule has 0 unspecified atom stereocenters. The lowest BCUT2D eigenvalue weighted by Crippen LogP contribution is -2.44. The summed E-state index contributed by atoms with van der Waals surface area (Å²) in [6.45, 7) is 6.53. The van der Waals surface area contributed by atoms with Gasteiger partial charge in [-0.1, -0.05) is 68.3 Å². The van der Waals surface area contributed by atoms with Crippen molar-refractivity contribution in [3.8, 4) is 11.4 Å². The number of hydrogen-bond acceptors (Lipinski definition) is 5. The maximum absolute atomic E-state index is 12.3. The Labute approximate surface area is 158 Å². The Morgan fingerprint density at radius 1 is 1.27 bits per heavy atom. The fourth-order valence-electron chi connectivity index (χ4n) is 3.44. The minimum atomic E-state index is 0.0286. The Morgan fingerprint density at radius 3 is 2.73 bits per heavy atom. The van der Waals surface area contributed by atoms with Crippen LogP contribution in [0, 0.1) is 18.8 Å². The van der Waals surface area contributed by atoms with Gasteiger partial charge >= 0.3 is 0 Å². The summed E-state index contributed by atoms with van der Waals surface area (Å²) in [4.78, 5) is 12.3. The molecule has 0 spiro atoms. The monoisotopic (exact) mass is 373 g/mol. The number of nitrogens with two attached hydrogens (primary N) is 1. The summed E-state index contributed by atoms with van der Waals surface area (Å²) < 4.78 is 1.45. The van der Waals surface area contributed by atoms with Crippen molar-refractivity contribution in [2.24, 2.45) is 11.8 Å². The van der Waals surface area contributed by atoms with Crippen LogP contribution in [-0.2, 0) is 4.79 Å². The van der Waals surface area contributed by atoms with Gasteiger partial charge in [0.1, 0.15) is 0 Å². The van der Waals surface area contributed by atoms with Crippen LogP contribution in [0.3, 0.4) is 0 Å². The molecule has 1 fully saturated rings. The zero-order valence-corrected chi connectivity index (χ0v) is 16.4. The quantitative estimate of drug-likeness (QED) is 0.621. The summed E-state index contributed by atoms with van der Waals surface area (Å²) in [7, 11) is 0. The minimum absolute atomic E-state index is 0.0286. The SMILES string of the molecule is Cc1ccc(-c2nnc(SCC(=O)N[C@H]3CCC[C@@H](C)[C@@H]3C)n2N)cc1. The van der Waals surface area contributed by atoms with Crippen molar-refractivity contribution in [3.05, 3.63) is 29.8 Å². The van der Waals surface area contributed by atoms with Gasteiger partial charge in [-0.2, -0.15) is 0 Å². The number of nitrogen functional groups attached to an aromatic ring is 1. The summed E-state index contributed by atoms with van der Waals surface area (Å²) in [6, 6.07) is 8.23. The number of aryl methyl sites for hydroxylation is 1. The highest BCUT2D eigenvalue weighted by Gasteiger charge is 2.28. The van der Waals surface area contributed by atoms with Crippen LogP contribution in [0.4, 0.5) is 0 Å². The Bertz CT molecular complexity index is 758. The number of hydrogen-bond donors (Lipinski definition) is 2. The van der Waals surface area contributed by atoms with Crippen molar-refractivity contribution in [2.75, 3.05) is 11.6 Å². The first-order chi connectivity index (χ1) is 12.5. The number of carbonyl (C=O) groups excluding carboxylic acids is 1. The summed E-state index contributed by atoms with van der Waals surface area (Å²) in [5.41, 5.74) is 2.08. The molecule has 1 aromatic carbocycles. The minimum Gasteiger partial charge on any atom is -0.352 e. The van der Waals surface area contributed by atoms with Crippen LogP contribution in [0.25, 0.3) is 11.4 Å². The first-order valence-electron chi connectivity index (χ1n) is 9.15. The fraction of sp³-hybridized carbons (Fsp3) is 0.526. The van der Waals surface area contributed by atoms with E-state index in [4.69, 9.17) is 5.84 Å². The van der Waals surface area contributed by atoms with Crippen molar-refractivity contribution >= 4 is 17.7 Å². The molecule has 2 aromatic rings. The van der Waals surface area contributed by atoms with Gasteiger partial charge in [0.05, 0.1) is 5.75 Å². The van der Waals surface area contributed by atoms with Crippen LogP contribution in [0.15, 0.2) is 29.4 Å². The average molecular weight is 374 g/mol. The summed E-state index contributed by atoms with van der Waals surface area (Å²) in [6.07, 6.45) is 3.49. The van der Waals surface area contributed by atoms with E-state index in [1.807, 2.05) is 31.2 Å². The number of amides is 1. The van der Waals surface area contributed by atoms with E-state index in [1.54, 1.807) is 0 Å². The van der Waals surface area contributed by atoms with Gasteiger partial charge in [-0.3, -0.25) is 4.79 Å². The van der Waals surface area contributed by atoms with E-state index in [0.717, 1.165) is 12.0 Å². The molecule has 1 amide bonds. The van der Waals surface area contributed by atoms with Gasteiger partial charge in [0.15, 0.2) is 5.82 Å². The number of carbonyl (C=O) groups is 1. The van der Waals surface area contributed by atoms with E-state index >= 15 is 0 Å². The molecule has 3 N–H and O–H groups in total. The van der Waals surface area contributed by atoms with Crippen molar-refractivity contribution in [1.82, 2.24) is 20.2 Å². The molecule has 6 nitrogen and oxygen atoms in total. The smallest absolute Gasteiger partial charge is 0.230 e. The number of thioether (sulfide) groups is 1. The van der Waals surface area contributed by atoms with Crippen LogP contribution in [-0.4, -0.2) is 32.6 Å². The maximum Gasteiger partial charge on any atom is 0.230 e. The summed E-state index contributed by atoms with van der Waals surface area (Å²) in [5.74, 6) is 8.22. The third-order valence-electron chi connectivity index (χ3n) is 5.36. The number of nitrogens with zero attached hydrogens (tertiary/aromatic N) is 3. The number of rotatable bonds is 5. The number of nitrogens with one attached hydrogen (secondary N) is 1. The predicted octanol–water partition coefficient (Wildman–Crippen LogP) is 3.00. The molecule has 140 valence electrons. The Balaban J connectivity index is 1.58. The van der Waals surface area contributed by atoms with Crippen molar-refractivity contribution in [3.63, 3.8) is 0 Å². The molecule has 0 saturated heterocycles. The van der Waals surface area contributed by atoms with Crippen molar-refractivity contribution in [1.29, 1.82) is 0 Å². The highest BCUT2D eigenvalue weighted by molar-refractivity contribution is 7.99. The first-order valence-corrected chi connectivity index (χ1v) is 10.1. The summed E-state index contributed by atoms with van der Waals surface area (Å²) in [5, 5.41) is 12.0. The van der Waals surface area contributed by atoms with Gasteiger partial charge in [0.25, 0.3) is 0 Å². The zero-order valence-electron chi connectivity index (χ0n) is 15.6. The van der Waals surface area contributed by atoms with Gasteiger partial charge in [0, 0.05) is 11.6 Å². The molecule has 0 bridgehead atoms. The van der Waals surface area contributed by atoms with Gasteiger partial charge in [-0.25, -0.2) is 4.68 Å². The van der Waals surface area contributed by atoms with Gasteiger partial charge < -0.3 is 11.2 Å². The van der Waals surface area contributed by atoms with Gasteiger partial charge in [-0.05, 0) is 25.2 Å². The number of aromatic nitrogens is 3.